The van der Waals surface area contributed by atoms with Crippen molar-refractivity contribution in [3.05, 3.63) is 224 Å². The summed E-state index contributed by atoms with van der Waals surface area (Å²) in [6, 6.07) is 43.2. The Kier molecular flexibility index (Phi) is 8.93. The van der Waals surface area contributed by atoms with Crippen molar-refractivity contribution in [2.45, 2.75) is 52.4 Å². The maximum Gasteiger partial charge on any atom is 0.135 e. The smallest absolute Gasteiger partial charge is 0.135 e. The zero-order valence-corrected chi connectivity index (χ0v) is 40.6. The van der Waals surface area contributed by atoms with Gasteiger partial charge in [0.2, 0.25) is 0 Å². The van der Waals surface area contributed by atoms with Gasteiger partial charge in [-0.1, -0.05) is 168 Å². The summed E-state index contributed by atoms with van der Waals surface area (Å²) in [5, 5.41) is 0. The average molecular weight is 1070 g/mol. The maximum absolute atomic E-state index is 9.27. The van der Waals surface area contributed by atoms with E-state index in [9.17, 15) is 5.48 Å². The number of hydrogen-bond donors (Lipinski definition) is 0. The molecule has 8 aromatic carbocycles. The van der Waals surface area contributed by atoms with Crippen LogP contribution in [-0.4, -0.2) is 4.98 Å². The van der Waals surface area contributed by atoms with Crippen molar-refractivity contribution in [2.75, 3.05) is 14.7 Å². The van der Waals surface area contributed by atoms with Crippen LogP contribution in [0.25, 0.3) is 44.5 Å². The first kappa shape index (κ1) is 34.1. The Bertz CT molecular complexity index is 3760. The molecule has 338 valence electrons. The van der Waals surface area contributed by atoms with Crippen LogP contribution in [0.3, 0.4) is 0 Å². The zero-order valence-electron chi connectivity index (χ0n) is 48.3. The Morgan fingerprint density at radius 2 is 1.07 bits per heavy atom. The van der Waals surface area contributed by atoms with Crippen LogP contribution in [0.2, 0.25) is 0 Å². The van der Waals surface area contributed by atoms with Crippen LogP contribution in [-0.2, 0) is 31.9 Å². The van der Waals surface area contributed by atoms with E-state index >= 15 is 0 Å². The fourth-order valence-corrected chi connectivity index (χ4v) is 8.85. The second kappa shape index (κ2) is 17.8. The molecule has 0 atom stereocenters. The van der Waals surface area contributed by atoms with E-state index in [1.54, 1.807) is 29.8 Å². The maximum atomic E-state index is 9.27. The van der Waals surface area contributed by atoms with Crippen LogP contribution in [0.1, 0.15) is 66.4 Å². The van der Waals surface area contributed by atoms with Crippen molar-refractivity contribution >= 4 is 39.9 Å². The minimum absolute atomic E-state index is 0. The molecule has 0 aliphatic carbocycles. The zero-order chi connectivity index (χ0) is 54.6. The summed E-state index contributed by atoms with van der Waals surface area (Å²) in [6.45, 7) is 14.2. The number of benzene rings is 8. The van der Waals surface area contributed by atoms with Crippen molar-refractivity contribution < 1.29 is 39.5 Å². The first-order chi connectivity index (χ1) is 36.6. The second-order valence-electron chi connectivity index (χ2n) is 18.7. The van der Waals surface area contributed by atoms with E-state index in [0.717, 1.165) is 45.0 Å². The topological polar surface area (TPSA) is 31.8 Å². The van der Waals surface area contributed by atoms with E-state index in [2.05, 4.69) is 68.1 Å². The van der Waals surface area contributed by atoms with Gasteiger partial charge in [0, 0.05) is 72.5 Å². The summed E-state index contributed by atoms with van der Waals surface area (Å²) in [5.74, 6) is 1.51. The summed E-state index contributed by atoms with van der Waals surface area (Å²) in [7, 11) is 0. The van der Waals surface area contributed by atoms with Gasteiger partial charge in [-0.3, -0.25) is 0 Å². The van der Waals surface area contributed by atoms with E-state index in [1.165, 1.54) is 0 Å². The number of aromatic nitrogens is 1. The Labute approximate surface area is 429 Å². The van der Waals surface area contributed by atoms with Crippen molar-refractivity contribution in [2.24, 2.45) is 0 Å². The Morgan fingerprint density at radius 1 is 0.515 bits per heavy atom. The molecular formula is C62H51N4OPt-3. The van der Waals surface area contributed by atoms with E-state index < -0.39 is 65.8 Å². The first-order valence-electron chi connectivity index (χ1n) is 27.2. The van der Waals surface area contributed by atoms with E-state index in [1.807, 2.05) is 111 Å². The van der Waals surface area contributed by atoms with Gasteiger partial charge in [0.05, 0.1) is 19.4 Å². The van der Waals surface area contributed by atoms with Gasteiger partial charge in [-0.25, -0.2) is 4.98 Å². The summed E-state index contributed by atoms with van der Waals surface area (Å²) in [6.07, 6.45) is 1.85. The minimum atomic E-state index is -0.632. The van der Waals surface area contributed by atoms with Crippen molar-refractivity contribution in [1.29, 1.82) is 0 Å². The molecule has 0 spiro atoms. The molecular weight excluding hydrogens is 1010 g/mol. The molecule has 0 fully saturated rings. The SMILES string of the molecule is [2H]c1c([2H])c([2H])c(-c2cc(C(C)(C)C)cc(-c3c([2H])c([2H])c([2H])c([2H])c3[2H])c2N2[CH-]N(c3[c-]c(Oc4[c-]c5c(cc4)-c4ccccc4-c4ccccc4N5c4cc(C(C)(C)C)ccn4)ccc3)c3ccccc32)c([2H])c1[2H].[Pt]. The molecule has 0 radical (unpaired) electrons. The quantitative estimate of drug-likeness (QED) is 0.149. The third-order valence-corrected chi connectivity index (χ3v) is 12.2. The molecule has 0 bridgehead atoms. The number of rotatable bonds is 7. The monoisotopic (exact) mass is 1070 g/mol. The first-order valence-corrected chi connectivity index (χ1v) is 22.2. The van der Waals surface area contributed by atoms with Crippen molar-refractivity contribution in [3.63, 3.8) is 0 Å². The summed E-state index contributed by atoms with van der Waals surface area (Å²) in [4.78, 5) is 10.8. The van der Waals surface area contributed by atoms with Crippen molar-refractivity contribution in [1.82, 2.24) is 4.98 Å². The summed E-state index contributed by atoms with van der Waals surface area (Å²) >= 11 is 0. The number of nitrogens with zero attached hydrogens (tertiary/aromatic N) is 4. The third kappa shape index (κ3) is 8.20. The van der Waals surface area contributed by atoms with E-state index in [0.29, 0.717) is 34.1 Å². The molecule has 2 aliphatic rings. The number of para-hydroxylation sites is 3. The molecule has 68 heavy (non-hydrogen) atoms. The van der Waals surface area contributed by atoms with Gasteiger partial charge in [-0.2, -0.15) is 12.1 Å². The number of hydrogen-bond acceptors (Lipinski definition) is 5. The Hall–Kier alpha value is -7.20. The molecule has 5 nitrogen and oxygen atoms in total. The largest absolute Gasteiger partial charge is 0.509 e. The molecule has 11 rings (SSSR count). The number of fused-ring (bicyclic) bond motifs is 6. The number of ether oxygens (including phenoxy) is 1. The molecule has 0 amide bonds. The van der Waals surface area contributed by atoms with Gasteiger partial charge in [0.1, 0.15) is 5.82 Å². The minimum Gasteiger partial charge on any atom is -0.509 e. The van der Waals surface area contributed by atoms with E-state index in [4.69, 9.17) is 17.9 Å². The van der Waals surface area contributed by atoms with Gasteiger partial charge in [0.25, 0.3) is 0 Å². The van der Waals surface area contributed by atoms with Gasteiger partial charge >= 0.3 is 0 Å². The fourth-order valence-electron chi connectivity index (χ4n) is 8.85. The molecule has 3 heterocycles. The molecule has 0 unspecified atom stereocenters. The summed E-state index contributed by atoms with van der Waals surface area (Å²) in [5.41, 5.74) is 8.93. The normalized spacial score (nSPS) is 14.9. The molecule has 6 heteroatoms. The van der Waals surface area contributed by atoms with Gasteiger partial charge in [-0.15, -0.1) is 48.3 Å². The van der Waals surface area contributed by atoms with E-state index in [-0.39, 0.29) is 54.4 Å². The molecule has 0 saturated carbocycles. The molecule has 9 aromatic rings. The van der Waals surface area contributed by atoms with Crippen LogP contribution in [0.5, 0.6) is 11.5 Å². The third-order valence-electron chi connectivity index (χ3n) is 12.2. The second-order valence-corrected chi connectivity index (χ2v) is 18.7. The molecule has 0 saturated heterocycles. The van der Waals surface area contributed by atoms with Crippen LogP contribution in [0.4, 0.5) is 39.9 Å². The summed E-state index contributed by atoms with van der Waals surface area (Å²) < 4.78 is 95.9. The van der Waals surface area contributed by atoms with Crippen LogP contribution >= 0.6 is 0 Å². The van der Waals surface area contributed by atoms with Gasteiger partial charge in [-0.05, 0) is 81.1 Å². The average Bonchev–Trinajstić information content (AvgIpc) is 3.98. The number of anilines is 7. The standard InChI is InChI=1S/C62H51N4O.Pt/c1-61(2,3)44-34-35-63-59(38-44)66-55-29-16-15-28-51(55)49-26-13-14-27-50(49)52-33-32-48(40-58(52)66)67-47-25-19-24-46(39-47)64-41-65(57-31-18-17-30-56(57)64)60-53(42-20-9-7-10-21-42)36-45(62(4,5)6)37-54(60)43-22-11-8-12-23-43;/h7-38,41H,1-6H3;/q-3;/i7D,8D,9D,10D,11D,12D,20D,21D,22D,23D;. The van der Waals surface area contributed by atoms with Gasteiger partial charge < -0.3 is 19.4 Å². The fraction of sp³-hybridized carbons (Fsp3) is 0.129. The molecule has 2 aliphatic heterocycles. The predicted molar refractivity (Wildman–Crippen MR) is 277 cm³/mol. The van der Waals surface area contributed by atoms with Crippen LogP contribution in [0.15, 0.2) is 194 Å². The van der Waals surface area contributed by atoms with Crippen molar-refractivity contribution in [3.8, 4) is 56.0 Å². The molecule has 0 N–H and O–H groups in total. The van der Waals surface area contributed by atoms with Gasteiger partial charge in [0.15, 0.2) is 0 Å². The van der Waals surface area contributed by atoms with Crippen LogP contribution < -0.4 is 19.4 Å². The Balaban J connectivity index is 0.00000688. The number of pyridine rings is 1. The predicted octanol–water partition coefficient (Wildman–Crippen LogP) is 16.9. The Morgan fingerprint density at radius 3 is 1.71 bits per heavy atom. The molecule has 1 aromatic heterocycles. The van der Waals surface area contributed by atoms with Crippen LogP contribution in [0, 0.1) is 18.8 Å².